The zero-order chi connectivity index (χ0) is 15.9. The van der Waals surface area contributed by atoms with Gasteiger partial charge >= 0.3 is 0 Å². The molecule has 1 aromatic heterocycles. The van der Waals surface area contributed by atoms with Crippen LogP contribution in [-0.2, 0) is 17.6 Å². The Morgan fingerprint density at radius 2 is 2.09 bits per heavy atom. The summed E-state index contributed by atoms with van der Waals surface area (Å²) in [5, 5.41) is 3.77. The standard InChI is InChI=1S/C16H23N3O2S/c1-16(2,3)18-13(20)8-10-9-22-15-17-12-7-5-4-6-11(12)14(21)19(10)15/h10H,4-9H2,1-3H3,(H,18,20). The maximum atomic E-state index is 12.8. The molecule has 1 amide bonds. The van der Waals surface area contributed by atoms with E-state index in [0.29, 0.717) is 6.42 Å². The van der Waals surface area contributed by atoms with Gasteiger partial charge in [-0.3, -0.25) is 14.2 Å². The van der Waals surface area contributed by atoms with Crippen LogP contribution in [0.5, 0.6) is 0 Å². The summed E-state index contributed by atoms with van der Waals surface area (Å²) < 4.78 is 1.76. The minimum Gasteiger partial charge on any atom is -0.351 e. The Hall–Kier alpha value is -1.30. The second-order valence-electron chi connectivity index (χ2n) is 7.17. The van der Waals surface area contributed by atoms with E-state index in [2.05, 4.69) is 10.3 Å². The second kappa shape index (κ2) is 5.72. The van der Waals surface area contributed by atoms with E-state index < -0.39 is 0 Å². The second-order valence-corrected chi connectivity index (χ2v) is 8.16. The van der Waals surface area contributed by atoms with E-state index in [0.717, 1.165) is 47.8 Å². The summed E-state index contributed by atoms with van der Waals surface area (Å²) in [6.07, 6.45) is 4.26. The van der Waals surface area contributed by atoms with Crippen molar-refractivity contribution in [1.82, 2.24) is 14.9 Å². The molecule has 0 bridgehead atoms. The number of nitrogens with one attached hydrogen (secondary N) is 1. The first kappa shape index (κ1) is 15.6. The summed E-state index contributed by atoms with van der Waals surface area (Å²) in [5.74, 6) is 0.749. The molecular formula is C16H23N3O2S. The highest BCUT2D eigenvalue weighted by Crippen LogP contribution is 2.33. The molecule has 0 spiro atoms. The lowest BCUT2D eigenvalue weighted by molar-refractivity contribution is -0.123. The van der Waals surface area contributed by atoms with Gasteiger partial charge < -0.3 is 5.32 Å². The number of thioether (sulfide) groups is 1. The molecule has 1 unspecified atom stereocenters. The van der Waals surface area contributed by atoms with Gasteiger partial charge in [-0.05, 0) is 46.5 Å². The fourth-order valence-corrected chi connectivity index (χ4v) is 4.30. The molecule has 0 saturated heterocycles. The molecule has 0 fully saturated rings. The van der Waals surface area contributed by atoms with Crippen molar-refractivity contribution >= 4 is 17.7 Å². The third-order valence-corrected chi connectivity index (χ3v) is 5.16. The van der Waals surface area contributed by atoms with Crippen molar-refractivity contribution in [3.05, 3.63) is 21.6 Å². The zero-order valence-electron chi connectivity index (χ0n) is 13.4. The van der Waals surface area contributed by atoms with Crippen LogP contribution >= 0.6 is 11.8 Å². The van der Waals surface area contributed by atoms with Crippen LogP contribution in [0, 0.1) is 0 Å². The number of carbonyl (C=O) groups is 1. The lowest BCUT2D eigenvalue weighted by atomic mass is 9.97. The summed E-state index contributed by atoms with van der Waals surface area (Å²) in [7, 11) is 0. The highest BCUT2D eigenvalue weighted by Gasteiger charge is 2.31. The normalized spacial score (nSPS) is 20.4. The molecule has 1 aromatic rings. The summed E-state index contributed by atoms with van der Waals surface area (Å²) in [6.45, 7) is 5.89. The van der Waals surface area contributed by atoms with Crippen LogP contribution in [0.15, 0.2) is 9.95 Å². The molecule has 2 aliphatic rings. The van der Waals surface area contributed by atoms with Gasteiger partial charge in [0.15, 0.2) is 5.16 Å². The number of carbonyl (C=O) groups excluding carboxylic acids is 1. The number of aryl methyl sites for hydroxylation is 1. The Morgan fingerprint density at radius 3 is 2.82 bits per heavy atom. The van der Waals surface area contributed by atoms with Gasteiger partial charge in [-0.2, -0.15) is 0 Å². The van der Waals surface area contributed by atoms with Gasteiger partial charge in [-0.1, -0.05) is 11.8 Å². The summed E-state index contributed by atoms with van der Waals surface area (Å²) >= 11 is 1.59. The van der Waals surface area contributed by atoms with Crippen LogP contribution < -0.4 is 10.9 Å². The first-order valence-electron chi connectivity index (χ1n) is 7.93. The largest absolute Gasteiger partial charge is 0.351 e. The number of rotatable bonds is 2. The Balaban J connectivity index is 1.85. The lowest BCUT2D eigenvalue weighted by Gasteiger charge is -2.23. The van der Waals surface area contributed by atoms with E-state index in [1.165, 1.54) is 0 Å². The van der Waals surface area contributed by atoms with Crippen molar-refractivity contribution in [2.45, 2.75) is 69.6 Å². The molecule has 5 nitrogen and oxygen atoms in total. The minimum absolute atomic E-state index is 0.00410. The molecule has 1 aliphatic heterocycles. The Bertz CT molecular complexity index is 661. The van der Waals surface area contributed by atoms with Crippen LogP contribution in [0.4, 0.5) is 0 Å². The van der Waals surface area contributed by atoms with Crippen molar-refractivity contribution in [2.24, 2.45) is 0 Å². The number of hydrogen-bond donors (Lipinski definition) is 1. The van der Waals surface area contributed by atoms with Crippen molar-refractivity contribution in [2.75, 3.05) is 5.75 Å². The van der Waals surface area contributed by atoms with Crippen LogP contribution in [0.25, 0.3) is 0 Å². The fraction of sp³-hybridized carbons (Fsp3) is 0.688. The predicted molar refractivity (Wildman–Crippen MR) is 87.4 cm³/mol. The molecule has 3 rings (SSSR count). The molecular weight excluding hydrogens is 298 g/mol. The molecule has 6 heteroatoms. The SMILES string of the molecule is CC(C)(C)NC(=O)CC1CSc2nc3c(c(=O)n21)CCCC3. The third-order valence-electron chi connectivity index (χ3n) is 4.06. The zero-order valence-corrected chi connectivity index (χ0v) is 14.3. The van der Waals surface area contributed by atoms with E-state index in [4.69, 9.17) is 0 Å². The van der Waals surface area contributed by atoms with Crippen molar-refractivity contribution in [1.29, 1.82) is 0 Å². The van der Waals surface area contributed by atoms with Gasteiger partial charge in [0, 0.05) is 23.3 Å². The van der Waals surface area contributed by atoms with E-state index in [1.54, 1.807) is 16.3 Å². The maximum absolute atomic E-state index is 12.8. The van der Waals surface area contributed by atoms with E-state index in [9.17, 15) is 9.59 Å². The number of fused-ring (bicyclic) bond motifs is 2. The third kappa shape index (κ3) is 3.07. The molecule has 2 heterocycles. The molecule has 22 heavy (non-hydrogen) atoms. The summed E-state index contributed by atoms with van der Waals surface area (Å²) in [4.78, 5) is 29.6. The quantitative estimate of drug-likeness (QED) is 0.847. The van der Waals surface area contributed by atoms with Gasteiger partial charge in [0.2, 0.25) is 5.91 Å². The minimum atomic E-state index is -0.245. The molecule has 1 atom stereocenters. The van der Waals surface area contributed by atoms with Gasteiger partial charge in [0.05, 0.1) is 11.7 Å². The van der Waals surface area contributed by atoms with Crippen molar-refractivity contribution in [3.63, 3.8) is 0 Å². The Morgan fingerprint density at radius 1 is 1.36 bits per heavy atom. The van der Waals surface area contributed by atoms with Gasteiger partial charge in [0.1, 0.15) is 0 Å². The first-order chi connectivity index (χ1) is 10.3. The monoisotopic (exact) mass is 321 g/mol. The van der Waals surface area contributed by atoms with Crippen LogP contribution in [0.3, 0.4) is 0 Å². The highest BCUT2D eigenvalue weighted by molar-refractivity contribution is 7.99. The van der Waals surface area contributed by atoms with Crippen LogP contribution in [0.1, 0.15) is 57.3 Å². The van der Waals surface area contributed by atoms with Gasteiger partial charge in [-0.25, -0.2) is 4.98 Å². The average molecular weight is 321 g/mol. The first-order valence-corrected chi connectivity index (χ1v) is 8.92. The fourth-order valence-electron chi connectivity index (χ4n) is 3.15. The van der Waals surface area contributed by atoms with E-state index in [1.807, 2.05) is 20.8 Å². The summed E-state index contributed by atoms with van der Waals surface area (Å²) in [5.41, 5.74) is 1.69. The van der Waals surface area contributed by atoms with Gasteiger partial charge in [-0.15, -0.1) is 0 Å². The molecule has 0 saturated carbocycles. The smallest absolute Gasteiger partial charge is 0.257 e. The molecule has 0 aromatic carbocycles. The molecule has 1 N–H and O–H groups in total. The number of amides is 1. The van der Waals surface area contributed by atoms with Crippen molar-refractivity contribution < 1.29 is 4.79 Å². The summed E-state index contributed by atoms with van der Waals surface area (Å²) in [6, 6.07) is -0.0745. The van der Waals surface area contributed by atoms with Crippen molar-refractivity contribution in [3.8, 4) is 0 Å². The van der Waals surface area contributed by atoms with Gasteiger partial charge in [0.25, 0.3) is 5.56 Å². The molecule has 1 aliphatic carbocycles. The maximum Gasteiger partial charge on any atom is 0.257 e. The number of nitrogens with zero attached hydrogens (tertiary/aromatic N) is 2. The van der Waals surface area contributed by atoms with E-state index in [-0.39, 0.29) is 23.0 Å². The number of aromatic nitrogens is 2. The average Bonchev–Trinajstić information content (AvgIpc) is 2.80. The van der Waals surface area contributed by atoms with Crippen LogP contribution in [-0.4, -0.2) is 26.8 Å². The molecule has 0 radical (unpaired) electrons. The van der Waals surface area contributed by atoms with E-state index >= 15 is 0 Å². The predicted octanol–water partition coefficient (Wildman–Crippen LogP) is 2.07. The lowest BCUT2D eigenvalue weighted by Crippen LogP contribution is -2.42. The van der Waals surface area contributed by atoms with Crippen LogP contribution in [0.2, 0.25) is 0 Å². The highest BCUT2D eigenvalue weighted by atomic mass is 32.2. The topological polar surface area (TPSA) is 64.0 Å². The Kier molecular flexibility index (Phi) is 4.05. The number of hydrogen-bond acceptors (Lipinski definition) is 4. The Labute approximate surface area is 134 Å². The molecule has 120 valence electrons.